The molecule has 3 aromatic carbocycles. The number of nitrogens with one attached hydrogen (secondary N) is 2. The van der Waals surface area contributed by atoms with Crippen molar-refractivity contribution < 1.29 is 0 Å². The van der Waals surface area contributed by atoms with Gasteiger partial charge in [-0.2, -0.15) is 0 Å². The highest BCUT2D eigenvalue weighted by atomic mass is 14.9. The lowest BCUT2D eigenvalue weighted by Crippen LogP contribution is -2.12. The highest BCUT2D eigenvalue weighted by Gasteiger charge is 2.07. The maximum absolute atomic E-state index is 4.10. The summed E-state index contributed by atoms with van der Waals surface area (Å²) >= 11 is 0. The fourth-order valence-electron chi connectivity index (χ4n) is 4.99. The standard InChI is InChI=1S/C44H48N2/c1-9-19-37(20-10-2)38-28-31-40(32-29-38)46-44-24-18-17-23-42(44)35(8)26-25-34(7)41(12-4)43(13-5)45-39(11-3)30-27-33(6)36-21-15-14-16-22-36/h9,11-32,45-46H,3-5,10H2,1-2,6-8H3/b19-9-,33-27+,34-25+,35-26+,37-20+,39-30+,43-41-. The number of para-hydroxylation sites is 1. The van der Waals surface area contributed by atoms with Crippen molar-refractivity contribution in [1.29, 1.82) is 0 Å². The highest BCUT2D eigenvalue weighted by molar-refractivity contribution is 5.80. The summed E-state index contributed by atoms with van der Waals surface area (Å²) in [4.78, 5) is 0. The van der Waals surface area contributed by atoms with Crippen LogP contribution in [0.15, 0.2) is 182 Å². The molecular formula is C44H48N2. The van der Waals surface area contributed by atoms with E-state index in [1.165, 1.54) is 22.3 Å². The number of anilines is 2. The summed E-state index contributed by atoms with van der Waals surface area (Å²) in [5.74, 6) is 0. The van der Waals surface area contributed by atoms with E-state index in [2.05, 4.69) is 162 Å². The van der Waals surface area contributed by atoms with Crippen LogP contribution in [0.3, 0.4) is 0 Å². The molecule has 0 saturated carbocycles. The fraction of sp³-hybridized carbons (Fsp3) is 0.136. The SMILES string of the molecule is C=C/C(N/C(C=C)=C/C=C(\C)c1ccccc1)=C(C=C)/C(C)=C/C=C(\C)c1ccccc1Nc1ccc(C(/C=C\C)=C/CC)cc1. The average Bonchev–Trinajstić information content (AvgIpc) is 3.09. The third-order valence-corrected chi connectivity index (χ3v) is 7.57. The third kappa shape index (κ3) is 10.1. The molecule has 2 N–H and O–H groups in total. The first-order chi connectivity index (χ1) is 22.3. The van der Waals surface area contributed by atoms with E-state index in [4.69, 9.17) is 0 Å². The Hall–Kier alpha value is -5.34. The van der Waals surface area contributed by atoms with Crippen molar-refractivity contribution in [2.45, 2.75) is 41.0 Å². The molecule has 3 aromatic rings. The van der Waals surface area contributed by atoms with Crippen LogP contribution in [-0.4, -0.2) is 0 Å². The van der Waals surface area contributed by atoms with Gasteiger partial charge in [-0.3, -0.25) is 0 Å². The lowest BCUT2D eigenvalue weighted by atomic mass is 10.0. The van der Waals surface area contributed by atoms with Gasteiger partial charge in [0.15, 0.2) is 0 Å². The Labute approximate surface area is 277 Å². The lowest BCUT2D eigenvalue weighted by Gasteiger charge is -2.14. The third-order valence-electron chi connectivity index (χ3n) is 7.57. The van der Waals surface area contributed by atoms with Gasteiger partial charge in [0.05, 0.1) is 0 Å². The quantitative estimate of drug-likeness (QED) is 0.169. The molecule has 0 atom stereocenters. The Morgan fingerprint density at radius 1 is 0.696 bits per heavy atom. The topological polar surface area (TPSA) is 24.1 Å². The Morgan fingerprint density at radius 2 is 1.37 bits per heavy atom. The van der Waals surface area contributed by atoms with Crippen LogP contribution in [0.5, 0.6) is 0 Å². The zero-order chi connectivity index (χ0) is 33.3. The van der Waals surface area contributed by atoms with Crippen LogP contribution in [-0.2, 0) is 0 Å². The van der Waals surface area contributed by atoms with E-state index in [9.17, 15) is 0 Å². The molecule has 2 heteroatoms. The number of allylic oxidation sites excluding steroid dienone is 15. The van der Waals surface area contributed by atoms with E-state index >= 15 is 0 Å². The second-order valence-corrected chi connectivity index (χ2v) is 10.9. The predicted octanol–water partition coefficient (Wildman–Crippen LogP) is 12.5. The minimum absolute atomic E-state index is 0.864. The second-order valence-electron chi connectivity index (χ2n) is 10.9. The molecule has 0 saturated heterocycles. The van der Waals surface area contributed by atoms with Crippen molar-refractivity contribution >= 4 is 28.1 Å². The predicted molar refractivity (Wildman–Crippen MR) is 206 cm³/mol. The van der Waals surface area contributed by atoms with Crippen LogP contribution in [0, 0.1) is 0 Å². The van der Waals surface area contributed by atoms with E-state index < -0.39 is 0 Å². The molecule has 0 aliphatic rings. The minimum Gasteiger partial charge on any atom is -0.355 e. The first-order valence-electron chi connectivity index (χ1n) is 15.8. The van der Waals surface area contributed by atoms with Crippen molar-refractivity contribution in [3.05, 3.63) is 199 Å². The number of benzene rings is 3. The maximum Gasteiger partial charge on any atom is 0.0460 e. The molecule has 3 rings (SSSR count). The van der Waals surface area contributed by atoms with E-state index in [-0.39, 0.29) is 0 Å². The fourth-order valence-corrected chi connectivity index (χ4v) is 4.99. The Balaban J connectivity index is 1.85. The van der Waals surface area contributed by atoms with Crippen molar-refractivity contribution in [1.82, 2.24) is 5.32 Å². The number of hydrogen-bond acceptors (Lipinski definition) is 2. The van der Waals surface area contributed by atoms with Crippen LogP contribution >= 0.6 is 0 Å². The van der Waals surface area contributed by atoms with Crippen LogP contribution in [0.4, 0.5) is 11.4 Å². The molecule has 0 bridgehead atoms. The summed E-state index contributed by atoms with van der Waals surface area (Å²) in [6.07, 6.45) is 21.4. The molecule has 0 fully saturated rings. The minimum atomic E-state index is 0.864. The van der Waals surface area contributed by atoms with Gasteiger partial charge < -0.3 is 10.6 Å². The largest absolute Gasteiger partial charge is 0.355 e. The van der Waals surface area contributed by atoms with Gasteiger partial charge in [-0.05, 0) is 104 Å². The van der Waals surface area contributed by atoms with Gasteiger partial charge in [0.25, 0.3) is 0 Å². The van der Waals surface area contributed by atoms with E-state index in [0.29, 0.717) is 0 Å². The van der Waals surface area contributed by atoms with Gasteiger partial charge in [-0.25, -0.2) is 0 Å². The molecule has 46 heavy (non-hydrogen) atoms. The molecular weight excluding hydrogens is 556 g/mol. The van der Waals surface area contributed by atoms with E-state index in [0.717, 1.165) is 51.5 Å². The van der Waals surface area contributed by atoms with Crippen molar-refractivity contribution in [2.75, 3.05) is 5.32 Å². The summed E-state index contributed by atoms with van der Waals surface area (Å²) in [6.45, 7) is 22.7. The molecule has 0 radical (unpaired) electrons. The molecule has 0 heterocycles. The van der Waals surface area contributed by atoms with Crippen molar-refractivity contribution in [3.63, 3.8) is 0 Å². The summed E-state index contributed by atoms with van der Waals surface area (Å²) in [7, 11) is 0. The lowest BCUT2D eigenvalue weighted by molar-refractivity contribution is 1.03. The molecule has 0 spiro atoms. The maximum atomic E-state index is 4.10. The summed E-state index contributed by atoms with van der Waals surface area (Å²) in [6, 6.07) is 27.3. The van der Waals surface area contributed by atoms with Crippen LogP contribution in [0.1, 0.15) is 57.7 Å². The highest BCUT2D eigenvalue weighted by Crippen LogP contribution is 2.28. The van der Waals surface area contributed by atoms with Gasteiger partial charge in [0.1, 0.15) is 0 Å². The van der Waals surface area contributed by atoms with E-state index in [1.54, 1.807) is 0 Å². The molecule has 0 aliphatic carbocycles. The van der Waals surface area contributed by atoms with Gasteiger partial charge in [0.2, 0.25) is 0 Å². The zero-order valence-corrected chi connectivity index (χ0v) is 28.1. The smallest absolute Gasteiger partial charge is 0.0460 e. The number of hydrogen-bond donors (Lipinski definition) is 2. The van der Waals surface area contributed by atoms with Crippen LogP contribution in [0.2, 0.25) is 0 Å². The van der Waals surface area contributed by atoms with Gasteiger partial charge in [-0.15, -0.1) is 0 Å². The van der Waals surface area contributed by atoms with Gasteiger partial charge >= 0.3 is 0 Å². The molecule has 0 amide bonds. The first kappa shape index (κ1) is 35.1. The Morgan fingerprint density at radius 3 is 2.00 bits per heavy atom. The Bertz CT molecular complexity index is 1720. The van der Waals surface area contributed by atoms with Gasteiger partial charge in [-0.1, -0.05) is 130 Å². The molecule has 0 aromatic heterocycles. The number of rotatable bonds is 15. The summed E-state index contributed by atoms with van der Waals surface area (Å²) in [5.41, 5.74) is 13.0. The molecule has 234 valence electrons. The zero-order valence-electron chi connectivity index (χ0n) is 28.1. The Kier molecular flexibility index (Phi) is 14.1. The van der Waals surface area contributed by atoms with E-state index in [1.807, 2.05) is 42.5 Å². The van der Waals surface area contributed by atoms with Crippen LogP contribution < -0.4 is 10.6 Å². The first-order valence-corrected chi connectivity index (χ1v) is 15.8. The molecule has 0 unspecified atom stereocenters. The van der Waals surface area contributed by atoms with Crippen molar-refractivity contribution in [3.8, 4) is 0 Å². The monoisotopic (exact) mass is 604 g/mol. The van der Waals surface area contributed by atoms with Crippen LogP contribution in [0.25, 0.3) is 16.7 Å². The second kappa shape index (κ2) is 18.5. The molecule has 0 aliphatic heterocycles. The van der Waals surface area contributed by atoms with Crippen molar-refractivity contribution in [2.24, 2.45) is 0 Å². The average molecular weight is 605 g/mol. The summed E-state index contributed by atoms with van der Waals surface area (Å²) in [5, 5.41) is 7.11. The molecule has 2 nitrogen and oxygen atoms in total. The summed E-state index contributed by atoms with van der Waals surface area (Å²) < 4.78 is 0. The normalized spacial score (nSPS) is 13.7. The van der Waals surface area contributed by atoms with Gasteiger partial charge in [0, 0.05) is 33.9 Å².